The smallest absolute Gasteiger partial charge is 0.226 e. The summed E-state index contributed by atoms with van der Waals surface area (Å²) < 4.78 is 5.37. The Morgan fingerprint density at radius 1 is 1.21 bits per heavy atom. The van der Waals surface area contributed by atoms with E-state index < -0.39 is 0 Å². The molecule has 1 heterocycles. The van der Waals surface area contributed by atoms with E-state index in [1.165, 1.54) is 38.5 Å². The summed E-state index contributed by atoms with van der Waals surface area (Å²) in [6.07, 6.45) is 8.04. The van der Waals surface area contributed by atoms with Gasteiger partial charge in [-0.1, -0.05) is 16.8 Å². The zero-order valence-corrected chi connectivity index (χ0v) is 14.2. The van der Waals surface area contributed by atoms with Gasteiger partial charge in [-0.05, 0) is 75.3 Å². The Bertz CT molecular complexity index is 772. The highest BCUT2D eigenvalue weighted by Crippen LogP contribution is 2.55. The highest BCUT2D eigenvalue weighted by molar-refractivity contribution is 5.87. The van der Waals surface area contributed by atoms with Gasteiger partial charge in [0.15, 0.2) is 5.58 Å². The maximum absolute atomic E-state index is 12.7. The molecule has 4 fully saturated rings. The molecule has 4 saturated carbocycles. The van der Waals surface area contributed by atoms with Gasteiger partial charge in [0.1, 0.15) is 5.69 Å². The molecule has 1 amide bonds. The highest BCUT2D eigenvalue weighted by atomic mass is 16.5. The van der Waals surface area contributed by atoms with Crippen molar-refractivity contribution in [3.63, 3.8) is 0 Å². The van der Waals surface area contributed by atoms with Gasteiger partial charge in [0.25, 0.3) is 0 Å². The van der Waals surface area contributed by atoms with Gasteiger partial charge in [-0.15, -0.1) is 0 Å². The lowest BCUT2D eigenvalue weighted by atomic mass is 9.53. The number of aryl methyl sites for hydroxylation is 1. The molecule has 1 aromatic heterocycles. The van der Waals surface area contributed by atoms with Crippen molar-refractivity contribution < 1.29 is 9.32 Å². The molecule has 126 valence electrons. The summed E-state index contributed by atoms with van der Waals surface area (Å²) in [5, 5.41) is 8.52. The van der Waals surface area contributed by atoms with E-state index in [-0.39, 0.29) is 11.4 Å². The summed E-state index contributed by atoms with van der Waals surface area (Å²) in [7, 11) is 0. The van der Waals surface area contributed by atoms with Crippen LogP contribution in [-0.2, 0) is 11.2 Å². The number of hydrogen-bond donors (Lipinski definition) is 1. The summed E-state index contributed by atoms with van der Waals surface area (Å²) >= 11 is 0. The molecule has 4 aliphatic carbocycles. The fourth-order valence-corrected chi connectivity index (χ4v) is 5.99. The molecule has 4 heteroatoms. The Morgan fingerprint density at radius 2 is 1.88 bits per heavy atom. The van der Waals surface area contributed by atoms with Gasteiger partial charge in [0, 0.05) is 10.9 Å². The van der Waals surface area contributed by atoms with Crippen LogP contribution in [0.2, 0.25) is 0 Å². The van der Waals surface area contributed by atoms with Crippen LogP contribution in [0.15, 0.2) is 22.7 Å². The first-order valence-electron chi connectivity index (χ1n) is 9.24. The van der Waals surface area contributed by atoms with Gasteiger partial charge in [-0.25, -0.2) is 0 Å². The number of carbonyl (C=O) groups is 1. The van der Waals surface area contributed by atoms with Crippen molar-refractivity contribution in [3.05, 3.63) is 29.5 Å². The predicted octanol–water partition coefficient (Wildman–Crippen LogP) is 3.76. The maximum atomic E-state index is 12.7. The third kappa shape index (κ3) is 2.35. The number of carbonyl (C=O) groups excluding carboxylic acids is 1. The molecule has 0 unspecified atom stereocenters. The van der Waals surface area contributed by atoms with Gasteiger partial charge in [-0.2, -0.15) is 0 Å². The number of nitrogens with one attached hydrogen (secondary N) is 1. The Morgan fingerprint density at radius 3 is 2.54 bits per heavy atom. The first-order valence-corrected chi connectivity index (χ1v) is 9.24. The second-order valence-corrected chi connectivity index (χ2v) is 8.55. The van der Waals surface area contributed by atoms with Crippen molar-refractivity contribution in [1.82, 2.24) is 10.5 Å². The zero-order chi connectivity index (χ0) is 16.3. The predicted molar refractivity (Wildman–Crippen MR) is 91.5 cm³/mol. The molecule has 0 saturated heterocycles. The lowest BCUT2D eigenvalue weighted by Gasteiger charge is -2.56. The number of hydrogen-bond acceptors (Lipinski definition) is 3. The third-order valence-corrected chi connectivity index (χ3v) is 6.47. The van der Waals surface area contributed by atoms with E-state index in [2.05, 4.69) is 16.5 Å². The molecule has 1 N–H and O–H groups in total. The monoisotopic (exact) mass is 324 g/mol. The van der Waals surface area contributed by atoms with Gasteiger partial charge < -0.3 is 9.84 Å². The zero-order valence-electron chi connectivity index (χ0n) is 14.2. The summed E-state index contributed by atoms with van der Waals surface area (Å²) in [4.78, 5) is 12.7. The van der Waals surface area contributed by atoms with Crippen LogP contribution in [0.4, 0.5) is 0 Å². The van der Waals surface area contributed by atoms with E-state index in [0.717, 1.165) is 40.0 Å². The molecular weight excluding hydrogens is 300 g/mol. The van der Waals surface area contributed by atoms with Crippen LogP contribution < -0.4 is 5.32 Å². The van der Waals surface area contributed by atoms with Crippen LogP contribution >= 0.6 is 0 Å². The van der Waals surface area contributed by atoms with Gasteiger partial charge in [0.2, 0.25) is 5.91 Å². The minimum Gasteiger partial charge on any atom is -0.356 e. The normalized spacial score (nSPS) is 34.0. The number of rotatable bonds is 3. The Labute approximate surface area is 142 Å². The van der Waals surface area contributed by atoms with Crippen LogP contribution in [0, 0.1) is 24.7 Å². The molecule has 24 heavy (non-hydrogen) atoms. The molecule has 0 radical (unpaired) electrons. The molecule has 4 bridgehead atoms. The molecule has 1 aromatic carbocycles. The minimum absolute atomic E-state index is 0.0707. The fraction of sp³-hybridized carbons (Fsp3) is 0.600. The van der Waals surface area contributed by atoms with Crippen LogP contribution in [0.3, 0.4) is 0 Å². The SMILES string of the molecule is Cc1ccc2onc(CC(=O)NC34CC5CC(CC(C5)C3)C4)c2c1. The number of fused-ring (bicyclic) bond motifs is 1. The first kappa shape index (κ1) is 14.5. The largest absolute Gasteiger partial charge is 0.356 e. The Hall–Kier alpha value is -1.84. The average molecular weight is 324 g/mol. The van der Waals surface area contributed by atoms with Crippen LogP contribution in [0.5, 0.6) is 0 Å². The van der Waals surface area contributed by atoms with Crippen LogP contribution in [-0.4, -0.2) is 16.6 Å². The fourth-order valence-electron chi connectivity index (χ4n) is 5.99. The molecule has 0 atom stereocenters. The van der Waals surface area contributed by atoms with Gasteiger partial charge in [-0.3, -0.25) is 4.79 Å². The maximum Gasteiger partial charge on any atom is 0.226 e. The van der Waals surface area contributed by atoms with Crippen molar-refractivity contribution in [2.45, 2.75) is 57.4 Å². The van der Waals surface area contributed by atoms with E-state index >= 15 is 0 Å². The summed E-state index contributed by atoms with van der Waals surface area (Å²) in [5.74, 6) is 2.62. The van der Waals surface area contributed by atoms with Crippen molar-refractivity contribution in [2.75, 3.05) is 0 Å². The number of amides is 1. The molecule has 2 aromatic rings. The van der Waals surface area contributed by atoms with Crippen LogP contribution in [0.25, 0.3) is 11.0 Å². The highest BCUT2D eigenvalue weighted by Gasteiger charge is 2.51. The average Bonchev–Trinajstić information content (AvgIpc) is 2.87. The Balaban J connectivity index is 1.35. The standard InChI is InChI=1S/C20H24N2O2/c1-12-2-3-18-16(4-12)17(22-24-18)8-19(23)21-20-9-13-5-14(10-20)7-15(6-13)11-20/h2-4,13-15H,5-11H2,1H3,(H,21,23). The summed E-state index contributed by atoms with van der Waals surface area (Å²) in [6.45, 7) is 2.05. The number of aromatic nitrogens is 1. The van der Waals surface area contributed by atoms with E-state index in [9.17, 15) is 4.79 Å². The molecule has 0 aliphatic heterocycles. The van der Waals surface area contributed by atoms with E-state index in [4.69, 9.17) is 4.52 Å². The first-order chi connectivity index (χ1) is 11.6. The quantitative estimate of drug-likeness (QED) is 0.935. The second kappa shape index (κ2) is 5.08. The van der Waals surface area contributed by atoms with E-state index in [1.54, 1.807) is 0 Å². The van der Waals surface area contributed by atoms with Gasteiger partial charge in [0.05, 0.1) is 6.42 Å². The van der Waals surface area contributed by atoms with Crippen LogP contribution in [0.1, 0.15) is 49.8 Å². The van der Waals surface area contributed by atoms with E-state index in [0.29, 0.717) is 6.42 Å². The number of nitrogens with zero attached hydrogens (tertiary/aromatic N) is 1. The van der Waals surface area contributed by atoms with E-state index in [1.807, 2.05) is 19.1 Å². The molecular formula is C20H24N2O2. The van der Waals surface area contributed by atoms with Crippen molar-refractivity contribution in [1.29, 1.82) is 0 Å². The van der Waals surface area contributed by atoms with Crippen molar-refractivity contribution >= 4 is 16.9 Å². The molecule has 6 rings (SSSR count). The molecule has 0 spiro atoms. The minimum atomic E-state index is 0.0707. The lowest BCUT2D eigenvalue weighted by Crippen LogP contribution is -2.60. The third-order valence-electron chi connectivity index (χ3n) is 6.47. The lowest BCUT2D eigenvalue weighted by molar-refractivity contribution is -0.126. The van der Waals surface area contributed by atoms with Crippen molar-refractivity contribution in [2.24, 2.45) is 17.8 Å². The van der Waals surface area contributed by atoms with Crippen molar-refractivity contribution in [3.8, 4) is 0 Å². The summed E-state index contributed by atoms with van der Waals surface area (Å²) in [6, 6.07) is 5.99. The molecule has 4 aliphatic rings. The molecule has 4 nitrogen and oxygen atoms in total. The number of benzene rings is 1. The Kier molecular flexibility index (Phi) is 3.07. The second-order valence-electron chi connectivity index (χ2n) is 8.55. The van der Waals surface area contributed by atoms with Gasteiger partial charge >= 0.3 is 0 Å². The topological polar surface area (TPSA) is 55.1 Å². The summed E-state index contributed by atoms with van der Waals surface area (Å²) in [5.41, 5.74) is 2.75.